The quantitative estimate of drug-likeness (QED) is 0.0813. The van der Waals surface area contributed by atoms with Gasteiger partial charge in [0.25, 0.3) is 0 Å². The van der Waals surface area contributed by atoms with Gasteiger partial charge in [-0.15, -0.1) is 0 Å². The summed E-state index contributed by atoms with van der Waals surface area (Å²) in [6.45, 7) is 15.7. The Balaban J connectivity index is 1.56. The normalized spacial score (nSPS) is 27.4. The van der Waals surface area contributed by atoms with Gasteiger partial charge in [-0.25, -0.2) is 4.79 Å². The highest BCUT2D eigenvalue weighted by Crippen LogP contribution is 2.55. The Morgan fingerprint density at radius 3 is 2.45 bits per heavy atom. The number of fused-ring (bicyclic) bond motifs is 3. The zero-order chi connectivity index (χ0) is 34.5. The molecule has 1 aliphatic carbocycles. The minimum absolute atomic E-state index is 0.0689. The summed E-state index contributed by atoms with van der Waals surface area (Å²) in [5.41, 5.74) is 1.10. The highest BCUT2D eigenvalue weighted by Gasteiger charge is 2.52. The number of aromatic hydroxyl groups is 1. The molecule has 3 aliphatic heterocycles. The molecule has 9 heteroatoms. The van der Waals surface area contributed by atoms with Crippen LogP contribution in [-0.2, 0) is 25.5 Å². The van der Waals surface area contributed by atoms with Crippen LogP contribution in [0.15, 0.2) is 41.0 Å². The molecular formula is C38H48O9. The number of ether oxygens (including phenoxy) is 4. The number of epoxide rings is 1. The largest absolute Gasteiger partial charge is 0.506 e. The third kappa shape index (κ3) is 6.97. The van der Waals surface area contributed by atoms with Gasteiger partial charge in [0.1, 0.15) is 40.8 Å². The first-order valence-corrected chi connectivity index (χ1v) is 16.5. The van der Waals surface area contributed by atoms with Crippen molar-refractivity contribution < 1.29 is 43.5 Å². The Labute approximate surface area is 277 Å². The molecule has 1 aromatic rings. The number of hydrogen-bond acceptors (Lipinski definition) is 8. The van der Waals surface area contributed by atoms with Crippen molar-refractivity contribution in [1.29, 1.82) is 0 Å². The summed E-state index contributed by atoms with van der Waals surface area (Å²) in [5.74, 6) is -1.75. The number of carbonyl (C=O) groups is 3. The molecule has 0 saturated carbocycles. The summed E-state index contributed by atoms with van der Waals surface area (Å²) in [4.78, 5) is 37.7. The van der Waals surface area contributed by atoms with E-state index >= 15 is 0 Å². The van der Waals surface area contributed by atoms with E-state index in [0.29, 0.717) is 48.1 Å². The highest BCUT2D eigenvalue weighted by atomic mass is 16.6. The molecule has 3 heterocycles. The van der Waals surface area contributed by atoms with Crippen LogP contribution in [0.5, 0.6) is 17.2 Å². The molecule has 1 saturated heterocycles. The monoisotopic (exact) mass is 648 g/mol. The fourth-order valence-corrected chi connectivity index (χ4v) is 6.86. The molecular weight excluding hydrogens is 600 g/mol. The van der Waals surface area contributed by atoms with E-state index in [4.69, 9.17) is 18.9 Å². The second-order valence-electron chi connectivity index (χ2n) is 14.8. The number of carboxylic acids is 1. The number of hydrogen-bond donors (Lipinski definition) is 2. The van der Waals surface area contributed by atoms with Gasteiger partial charge in [0.2, 0.25) is 0 Å². The molecule has 1 aromatic carbocycles. The lowest BCUT2D eigenvalue weighted by molar-refractivity contribution is -0.132. The Bertz CT molecular complexity index is 1590. The van der Waals surface area contributed by atoms with Gasteiger partial charge in [0.15, 0.2) is 5.78 Å². The molecule has 47 heavy (non-hydrogen) atoms. The smallest absolute Gasteiger partial charge is 0.330 e. The molecule has 4 aliphatic rings. The third-order valence-electron chi connectivity index (χ3n) is 9.97. The second-order valence-corrected chi connectivity index (χ2v) is 14.8. The molecule has 254 valence electrons. The molecule has 3 unspecified atom stereocenters. The SMILES string of the molecule is CC(C)=CCC[C@]1(C)C=Cc2c(O)c3c(c(CC4OC4(C)C)c2O1)OC1C(=CC(C=O)C[C@@H]1C(C)(C)OCC/C=C(/C)C(=O)O)C3=O. The molecule has 0 amide bonds. The first kappa shape index (κ1) is 34.6. The van der Waals surface area contributed by atoms with Gasteiger partial charge in [-0.3, -0.25) is 4.79 Å². The van der Waals surface area contributed by atoms with Crippen LogP contribution in [0.1, 0.15) is 103 Å². The summed E-state index contributed by atoms with van der Waals surface area (Å²) in [7, 11) is 0. The average molecular weight is 649 g/mol. The van der Waals surface area contributed by atoms with Crippen molar-refractivity contribution in [2.75, 3.05) is 6.61 Å². The standard InChI is InChI=1S/C38H48O9/c1-21(2)11-9-14-38(8)15-13-24-30(40)29-31(41)25-17-23(20-39)18-27(36(4,5)44-16-10-12-22(3)35(42)43)33(25)45-34(29)26(32(24)47-38)19-28-37(6,7)46-28/h11-13,15,17,20,23,27-28,33,40H,9-10,14,16,18-19H2,1-8H3,(H,42,43)/b22-12-/t23?,27-,28?,33?,38+/m0/s1. The maximum atomic E-state index is 14.4. The molecule has 0 bridgehead atoms. The van der Waals surface area contributed by atoms with Gasteiger partial charge in [0, 0.05) is 35.0 Å². The predicted octanol–water partition coefficient (Wildman–Crippen LogP) is 6.94. The number of Topliss-reactive ketones (excluding diaryl/α,β-unsaturated/α-hetero) is 1. The fourth-order valence-electron chi connectivity index (χ4n) is 6.86. The van der Waals surface area contributed by atoms with Gasteiger partial charge in [-0.2, -0.15) is 0 Å². The number of carbonyl (C=O) groups excluding carboxylic acids is 2. The topological polar surface area (TPSA) is 132 Å². The van der Waals surface area contributed by atoms with E-state index in [1.54, 1.807) is 12.2 Å². The third-order valence-corrected chi connectivity index (χ3v) is 9.97. The lowest BCUT2D eigenvalue weighted by atomic mass is 9.70. The molecule has 9 nitrogen and oxygen atoms in total. The van der Waals surface area contributed by atoms with E-state index in [1.807, 2.05) is 46.8 Å². The van der Waals surface area contributed by atoms with Crippen LogP contribution in [0.4, 0.5) is 0 Å². The van der Waals surface area contributed by atoms with Crippen LogP contribution in [-0.4, -0.2) is 63.9 Å². The van der Waals surface area contributed by atoms with Gasteiger partial charge in [-0.1, -0.05) is 23.8 Å². The van der Waals surface area contributed by atoms with Crippen molar-refractivity contribution in [3.63, 3.8) is 0 Å². The van der Waals surface area contributed by atoms with Crippen molar-refractivity contribution in [2.24, 2.45) is 11.8 Å². The van der Waals surface area contributed by atoms with Gasteiger partial charge in [-0.05, 0) is 93.2 Å². The van der Waals surface area contributed by atoms with E-state index in [-0.39, 0.29) is 46.7 Å². The molecule has 0 radical (unpaired) electrons. The Hall–Kier alpha value is -3.69. The minimum Gasteiger partial charge on any atom is -0.506 e. The first-order chi connectivity index (χ1) is 22.0. The number of benzene rings is 1. The number of phenolic OH excluding ortho intramolecular Hbond substituents is 1. The Kier molecular flexibility index (Phi) is 9.38. The van der Waals surface area contributed by atoms with Gasteiger partial charge < -0.3 is 34.0 Å². The Morgan fingerprint density at radius 1 is 1.13 bits per heavy atom. The maximum absolute atomic E-state index is 14.4. The molecule has 2 N–H and O–H groups in total. The second kappa shape index (κ2) is 12.7. The van der Waals surface area contributed by atoms with Crippen molar-refractivity contribution >= 4 is 24.1 Å². The van der Waals surface area contributed by atoms with Crippen LogP contribution in [0.2, 0.25) is 0 Å². The van der Waals surface area contributed by atoms with E-state index < -0.39 is 35.1 Å². The van der Waals surface area contributed by atoms with Crippen molar-refractivity contribution in [1.82, 2.24) is 0 Å². The van der Waals surface area contributed by atoms with Crippen LogP contribution < -0.4 is 9.47 Å². The zero-order valence-electron chi connectivity index (χ0n) is 28.8. The van der Waals surface area contributed by atoms with Crippen LogP contribution in [0.25, 0.3) is 6.08 Å². The van der Waals surface area contributed by atoms with E-state index in [9.17, 15) is 24.6 Å². The summed E-state index contributed by atoms with van der Waals surface area (Å²) < 4.78 is 25.9. The van der Waals surface area contributed by atoms with Crippen LogP contribution in [0.3, 0.4) is 0 Å². The van der Waals surface area contributed by atoms with Crippen molar-refractivity contribution in [3.8, 4) is 17.2 Å². The zero-order valence-corrected chi connectivity index (χ0v) is 28.8. The van der Waals surface area contributed by atoms with E-state index in [2.05, 4.69) is 19.9 Å². The predicted molar refractivity (Wildman–Crippen MR) is 178 cm³/mol. The van der Waals surface area contributed by atoms with Crippen molar-refractivity contribution in [2.45, 2.75) is 117 Å². The summed E-state index contributed by atoms with van der Waals surface area (Å²) >= 11 is 0. The molecule has 1 fully saturated rings. The lowest BCUT2D eigenvalue weighted by Crippen LogP contribution is -2.51. The summed E-state index contributed by atoms with van der Waals surface area (Å²) in [6.07, 6.45) is 11.9. The lowest BCUT2D eigenvalue weighted by Gasteiger charge is -2.45. The number of allylic oxidation sites excluding steroid dienone is 3. The number of aliphatic carboxylic acids is 1. The maximum Gasteiger partial charge on any atom is 0.330 e. The molecule has 5 atom stereocenters. The van der Waals surface area contributed by atoms with E-state index in [1.165, 1.54) is 12.5 Å². The van der Waals surface area contributed by atoms with Crippen LogP contribution >= 0.6 is 0 Å². The van der Waals surface area contributed by atoms with Gasteiger partial charge in [0.05, 0.1) is 29.5 Å². The fraction of sp³-hybridized carbons (Fsp3) is 0.553. The summed E-state index contributed by atoms with van der Waals surface area (Å²) in [5, 5.41) is 20.9. The molecule has 0 aromatic heterocycles. The number of carboxylic acid groups (broad SMARTS) is 1. The number of rotatable bonds is 12. The van der Waals surface area contributed by atoms with Gasteiger partial charge >= 0.3 is 5.97 Å². The molecule has 5 rings (SSSR count). The average Bonchev–Trinajstić information content (AvgIpc) is 3.61. The first-order valence-electron chi connectivity index (χ1n) is 16.5. The number of phenols is 1. The van der Waals surface area contributed by atoms with Crippen molar-refractivity contribution in [3.05, 3.63) is 57.7 Å². The summed E-state index contributed by atoms with van der Waals surface area (Å²) in [6, 6.07) is 0. The van der Waals surface area contributed by atoms with E-state index in [0.717, 1.165) is 12.7 Å². The minimum atomic E-state index is -0.984. The highest BCUT2D eigenvalue weighted by molar-refractivity contribution is 6.15. The Morgan fingerprint density at radius 2 is 1.83 bits per heavy atom. The number of aldehydes is 1. The molecule has 0 spiro atoms. The number of ketones is 1. The van der Waals surface area contributed by atoms with Crippen LogP contribution in [0, 0.1) is 11.8 Å².